The van der Waals surface area contributed by atoms with Gasteiger partial charge in [0, 0.05) is 65.1 Å². The number of allylic oxidation sites excluding steroid dienone is 6. The number of hydrogen-bond acceptors (Lipinski definition) is 10. The van der Waals surface area contributed by atoms with Gasteiger partial charge in [-0.3, -0.25) is 9.59 Å². The zero-order valence-corrected chi connectivity index (χ0v) is 75.5. The second kappa shape index (κ2) is 40.4. The molecular formula is C110H114N4O4S4. The molecule has 122 heavy (non-hydrogen) atoms. The van der Waals surface area contributed by atoms with Crippen LogP contribution < -0.4 is 9.47 Å². The molecule has 4 heterocycles. The maximum absolute atomic E-state index is 15.1. The Morgan fingerprint density at radius 2 is 0.656 bits per heavy atom. The van der Waals surface area contributed by atoms with Gasteiger partial charge in [-0.2, -0.15) is 0 Å². The van der Waals surface area contributed by atoms with Gasteiger partial charge in [0.15, 0.2) is 11.6 Å². The van der Waals surface area contributed by atoms with Crippen LogP contribution in [0.1, 0.15) is 330 Å². The Morgan fingerprint density at radius 3 is 0.951 bits per heavy atom. The number of ether oxygens (including phenoxy) is 2. The van der Waals surface area contributed by atoms with Crippen LogP contribution in [0.3, 0.4) is 0 Å². The Labute approximate surface area is 740 Å². The van der Waals surface area contributed by atoms with Gasteiger partial charge in [-0.25, -0.2) is 20.2 Å². The number of benzene rings is 7. The van der Waals surface area contributed by atoms with E-state index in [0.717, 1.165) is 234 Å². The summed E-state index contributed by atoms with van der Waals surface area (Å²) in [5, 5.41) is 23.6. The molecule has 0 atom stereocenters. The average Bonchev–Trinajstić information content (AvgIpc) is 1.48. The highest BCUT2D eigenvalue weighted by Gasteiger charge is 2.55. The van der Waals surface area contributed by atoms with E-state index in [4.69, 9.17) is 22.6 Å². The summed E-state index contributed by atoms with van der Waals surface area (Å²) in [7, 11) is 0. The largest absolute Gasteiger partial charge is 0.491 e. The van der Waals surface area contributed by atoms with E-state index in [0.29, 0.717) is 57.8 Å². The van der Waals surface area contributed by atoms with E-state index in [9.17, 15) is 10.5 Å². The lowest BCUT2D eigenvalue weighted by Crippen LogP contribution is -2.29. The highest BCUT2D eigenvalue weighted by atomic mass is 32.1. The lowest BCUT2D eigenvalue weighted by molar-refractivity contribution is 0.103. The van der Waals surface area contributed by atoms with E-state index in [-0.39, 0.29) is 23.0 Å². The van der Waals surface area contributed by atoms with Gasteiger partial charge in [0.05, 0.1) is 78.2 Å². The molecule has 12 heteroatoms. The van der Waals surface area contributed by atoms with E-state index in [1.54, 1.807) is 22.7 Å². The molecule has 11 aromatic rings. The molecular weight excluding hydrogens is 1570 g/mol. The number of thiophene rings is 4. The highest BCUT2D eigenvalue weighted by molar-refractivity contribution is 7.29. The molecule has 0 spiro atoms. The van der Waals surface area contributed by atoms with Crippen molar-refractivity contribution in [3.05, 3.63) is 302 Å². The Kier molecular flexibility index (Phi) is 28.7. The summed E-state index contributed by atoms with van der Waals surface area (Å²) >= 11 is 7.01. The molecule has 8 nitrogen and oxygen atoms in total. The fourth-order valence-corrected chi connectivity index (χ4v) is 24.9. The van der Waals surface area contributed by atoms with Gasteiger partial charge in [-0.05, 0) is 155 Å². The van der Waals surface area contributed by atoms with Crippen LogP contribution in [0.2, 0.25) is 0 Å². The van der Waals surface area contributed by atoms with E-state index in [1.807, 2.05) is 83.4 Å². The molecule has 4 aromatic heterocycles. The molecule has 0 bridgehead atoms. The van der Waals surface area contributed by atoms with Gasteiger partial charge in [0.1, 0.15) is 11.5 Å². The summed E-state index contributed by atoms with van der Waals surface area (Å²) in [6.07, 6.45) is 39.4. The zero-order chi connectivity index (χ0) is 84.7. The van der Waals surface area contributed by atoms with Crippen molar-refractivity contribution >= 4 is 100 Å². The lowest BCUT2D eigenvalue weighted by Gasteiger charge is -2.35. The molecule has 0 saturated carbocycles. The second-order valence-corrected chi connectivity index (χ2v) is 38.2. The van der Waals surface area contributed by atoms with Crippen molar-refractivity contribution in [3.63, 3.8) is 0 Å². The molecule has 4 aliphatic rings. The van der Waals surface area contributed by atoms with Crippen molar-refractivity contribution in [3.8, 4) is 43.1 Å². The van der Waals surface area contributed by atoms with Crippen LogP contribution in [0.15, 0.2) is 180 Å². The third-order valence-electron chi connectivity index (χ3n) is 25.9. The lowest BCUT2D eigenvalue weighted by atomic mass is 9.66. The molecule has 0 unspecified atom stereocenters. The zero-order valence-electron chi connectivity index (χ0n) is 72.3. The SMILES string of the molecule is [C-]#[N+]/C(C#N)=C1\C(=C\c2cc3c(s2)-c2sc4c(OCCCCCCCC)c5c6c(sc5c(OCCCCCCCC)c4c2C3(c2ccc(CCCCCC)cc2)c2ccc(CCCCCC)cc2)-c2sc(/C=C3\C(=O)c4ccccc4\C3=C(\C#N)[N+]#[C-])cc2C6(c2ccc(CCCCCC)cc2)c2ccc(CCCCCC)cc2)C(=O)c2ccccc21. The van der Waals surface area contributed by atoms with Crippen molar-refractivity contribution in [2.24, 2.45) is 0 Å². The van der Waals surface area contributed by atoms with Crippen molar-refractivity contribution < 1.29 is 19.1 Å². The third-order valence-corrected chi connectivity index (χ3v) is 30.7. The minimum absolute atomic E-state index is 0.106. The first kappa shape index (κ1) is 86.7. The standard InChI is InChI=1S/C110H114N4O4S4/c1-9-15-21-27-29-39-65-117-101-95-97-107(103-89(69-81(119-103)67-87-93(91(71-111)113-7)83-45-35-37-47-85(83)99(87)115)109(97,77-57-49-73(50-58-77)41-31-23-17-11-3)78-59-51-74(52-60-78)42-32-24-18-12-4)122-106(95)102(118-66-40-30-28-22-16-10-2)96-98-108(121-105(96)101)104-90(70-82(120-104)68-88-94(92(72-112)114-8)84-46-36-38-48-86(84)100(88)116)110(98,79-61-53-75(54-62-79)43-33-25-19-13-5)80-63-55-76(56-64-80)44-34-26-20-14-6/h35-38,45-64,67-70H,9-34,39-44,65-66H2,1-6H3/b87-67-,88-68-,93-91-,94-92+. The summed E-state index contributed by atoms with van der Waals surface area (Å²) in [6, 6.07) is 62.2. The van der Waals surface area contributed by atoms with Crippen molar-refractivity contribution in [1.82, 2.24) is 0 Å². The summed E-state index contributed by atoms with van der Waals surface area (Å²) in [6.45, 7) is 31.4. The Morgan fingerprint density at radius 1 is 0.369 bits per heavy atom. The fraction of sp³-hybridized carbons (Fsp3) is 0.382. The quantitative estimate of drug-likeness (QED) is 0.0163. The first-order valence-electron chi connectivity index (χ1n) is 45.8. The Bertz CT molecular complexity index is 5450. The Hall–Kier alpha value is -10.3. The molecule has 4 aliphatic carbocycles. The molecule has 0 N–H and O–H groups in total. The van der Waals surface area contributed by atoms with Crippen molar-refractivity contribution in [2.75, 3.05) is 13.2 Å². The summed E-state index contributed by atoms with van der Waals surface area (Å²) in [5.41, 5.74) is 15.7. The molecule has 0 saturated heterocycles. The molecule has 0 aliphatic heterocycles. The first-order valence-corrected chi connectivity index (χ1v) is 49.0. The molecule has 0 radical (unpaired) electrons. The van der Waals surface area contributed by atoms with Gasteiger partial charge in [-0.15, -0.1) is 45.3 Å². The van der Waals surface area contributed by atoms with Crippen LogP contribution in [0.25, 0.3) is 72.7 Å². The van der Waals surface area contributed by atoms with Gasteiger partial charge >= 0.3 is 0 Å². The summed E-state index contributed by atoms with van der Waals surface area (Å²) < 4.78 is 18.2. The second-order valence-electron chi connectivity index (χ2n) is 34.0. The molecule has 7 aromatic carbocycles. The van der Waals surface area contributed by atoms with Crippen molar-refractivity contribution in [1.29, 1.82) is 10.5 Å². The average molecular weight is 1680 g/mol. The van der Waals surface area contributed by atoms with Crippen LogP contribution in [0, 0.1) is 35.8 Å². The van der Waals surface area contributed by atoms with Crippen molar-refractivity contribution in [2.45, 2.75) is 258 Å². The molecule has 0 fully saturated rings. The highest BCUT2D eigenvalue weighted by Crippen LogP contribution is 2.71. The van der Waals surface area contributed by atoms with Crippen LogP contribution in [-0.2, 0) is 36.5 Å². The first-order chi connectivity index (χ1) is 60.0. The third kappa shape index (κ3) is 16.8. The van der Waals surface area contributed by atoms with Gasteiger partial charge in [0.25, 0.3) is 11.4 Å². The van der Waals surface area contributed by atoms with Crippen LogP contribution in [-0.4, -0.2) is 24.8 Å². The van der Waals surface area contributed by atoms with Crippen LogP contribution in [0.5, 0.6) is 11.5 Å². The van der Waals surface area contributed by atoms with Gasteiger partial charge in [0.2, 0.25) is 0 Å². The minimum atomic E-state index is -0.983. The number of aryl methyl sites for hydroxylation is 4. The number of unbranched alkanes of at least 4 members (excludes halogenated alkanes) is 22. The number of hydrogen-bond donors (Lipinski definition) is 0. The number of fused-ring (bicyclic) bond motifs is 12. The number of Topliss-reactive ketones (excluding diaryl/α,β-unsaturated/α-hetero) is 2. The van der Waals surface area contributed by atoms with E-state index in [1.165, 1.54) is 99.3 Å². The van der Waals surface area contributed by atoms with Gasteiger partial charge in [-0.1, -0.05) is 328 Å². The van der Waals surface area contributed by atoms with E-state index < -0.39 is 10.8 Å². The summed E-state index contributed by atoms with van der Waals surface area (Å²) in [4.78, 5) is 44.0. The number of nitrogens with zero attached hydrogens (tertiary/aromatic N) is 4. The molecule has 15 rings (SSSR count). The maximum atomic E-state index is 15.1. The number of rotatable bonds is 42. The number of ketones is 2. The summed E-state index contributed by atoms with van der Waals surface area (Å²) in [5.74, 6) is 1.31. The Balaban J connectivity index is 1.08. The maximum Gasteiger partial charge on any atom is 0.270 e. The predicted molar refractivity (Wildman–Crippen MR) is 512 cm³/mol. The van der Waals surface area contributed by atoms with Crippen LogP contribution >= 0.6 is 45.3 Å². The van der Waals surface area contributed by atoms with Gasteiger partial charge < -0.3 is 9.47 Å². The normalized spacial score (nSPS) is 15.3. The monoisotopic (exact) mass is 1680 g/mol. The minimum Gasteiger partial charge on any atom is -0.491 e. The predicted octanol–water partition coefficient (Wildman–Crippen LogP) is 31.8. The fourth-order valence-electron chi connectivity index (χ4n) is 19.6. The van der Waals surface area contributed by atoms with E-state index >= 15 is 9.59 Å². The molecule has 622 valence electrons. The smallest absolute Gasteiger partial charge is 0.270 e. The number of nitriles is 2. The molecule has 0 amide bonds. The topological polar surface area (TPSA) is 109 Å². The van der Waals surface area contributed by atoms with Crippen LogP contribution in [0.4, 0.5) is 0 Å². The number of carbonyl (C=O) groups is 2. The van der Waals surface area contributed by atoms with E-state index in [2.05, 4.69) is 173 Å². The number of carbonyl (C=O) groups excluding carboxylic acids is 2.